The van der Waals surface area contributed by atoms with E-state index in [4.69, 9.17) is 13.8 Å². The van der Waals surface area contributed by atoms with Gasteiger partial charge in [-0.05, 0) is 30.5 Å². The monoisotopic (exact) mass is 570 g/mol. The van der Waals surface area contributed by atoms with E-state index < -0.39 is 20.2 Å². The molecule has 3 saturated heterocycles. The van der Waals surface area contributed by atoms with Crippen molar-refractivity contribution in [1.82, 2.24) is 14.8 Å². The molecule has 2 N–H and O–H groups in total. The second-order valence-electron chi connectivity index (χ2n) is 9.59. The molecule has 1 atom stereocenters. The molecule has 1 aromatic carbocycles. The number of hydrogen-bond acceptors (Lipinski definition) is 9. The normalized spacial score (nSPS) is 21.2. The highest BCUT2D eigenvalue weighted by Crippen LogP contribution is 2.38. The highest BCUT2D eigenvalue weighted by molar-refractivity contribution is 7.85. The van der Waals surface area contributed by atoms with Crippen LogP contribution in [0, 0.1) is 0 Å². The van der Waals surface area contributed by atoms with Gasteiger partial charge in [0.1, 0.15) is 6.23 Å². The summed E-state index contributed by atoms with van der Waals surface area (Å²) in [6, 6.07) is 14.5. The van der Waals surface area contributed by atoms with Crippen molar-refractivity contribution in [3.05, 3.63) is 60.4 Å². The van der Waals surface area contributed by atoms with Gasteiger partial charge in [-0.1, -0.05) is 30.3 Å². The van der Waals surface area contributed by atoms with E-state index in [1.165, 1.54) is 11.3 Å². The average molecular weight is 571 g/mol. The summed E-state index contributed by atoms with van der Waals surface area (Å²) in [6.45, 7) is 4.70. The molecule has 14 heteroatoms. The van der Waals surface area contributed by atoms with Gasteiger partial charge in [0.15, 0.2) is 0 Å². The minimum absolute atomic E-state index is 0.113. The van der Waals surface area contributed by atoms with Gasteiger partial charge in [-0.3, -0.25) is 23.8 Å². The van der Waals surface area contributed by atoms with Crippen LogP contribution in [0.5, 0.6) is 0 Å². The molecule has 210 valence electrons. The van der Waals surface area contributed by atoms with Crippen LogP contribution < -0.4 is 4.90 Å². The van der Waals surface area contributed by atoms with Crippen LogP contribution in [0.1, 0.15) is 18.4 Å². The number of anilines is 1. The zero-order chi connectivity index (χ0) is 28.0. The average Bonchev–Trinajstić information content (AvgIpc) is 3.17. The molecule has 1 amide bonds. The smallest absolute Gasteiger partial charge is 0.261 e. The van der Waals surface area contributed by atoms with Gasteiger partial charge < -0.3 is 14.5 Å². The van der Waals surface area contributed by atoms with Crippen molar-refractivity contribution in [3.63, 3.8) is 0 Å². The van der Waals surface area contributed by atoms with E-state index in [0.29, 0.717) is 19.1 Å². The lowest BCUT2D eigenvalue weighted by Crippen LogP contribution is -2.53. The molecule has 5 rings (SSSR count). The van der Waals surface area contributed by atoms with Gasteiger partial charge in [-0.25, -0.2) is 0 Å². The van der Waals surface area contributed by atoms with Crippen LogP contribution in [0.2, 0.25) is 0 Å². The number of hydrogen-bond donors (Lipinski definition) is 2. The first-order valence-corrected chi connectivity index (χ1v) is 15.6. The molecule has 2 aromatic rings. The minimum Gasteiger partial charge on any atom is -0.371 e. The summed E-state index contributed by atoms with van der Waals surface area (Å²) in [4.78, 5) is 23.5. The van der Waals surface area contributed by atoms with Crippen molar-refractivity contribution in [2.75, 3.05) is 50.1 Å². The molecule has 0 saturated carbocycles. The summed E-state index contributed by atoms with van der Waals surface area (Å²) in [5, 5.41) is 0. The zero-order valence-corrected chi connectivity index (χ0v) is 23.0. The molecule has 3 fully saturated rings. The molecule has 1 spiro atoms. The lowest BCUT2D eigenvalue weighted by atomic mass is 9.91. The first-order valence-electron chi connectivity index (χ1n) is 11.9. The predicted octanol–water partition coefficient (Wildman–Crippen LogP) is 1.13. The summed E-state index contributed by atoms with van der Waals surface area (Å²) in [6.07, 6.45) is 6.90. The third-order valence-electron chi connectivity index (χ3n) is 6.24. The third-order valence-corrected chi connectivity index (χ3v) is 6.24. The Morgan fingerprint density at radius 1 is 0.974 bits per heavy atom. The van der Waals surface area contributed by atoms with Crippen LogP contribution in [0.15, 0.2) is 54.9 Å². The van der Waals surface area contributed by atoms with Crippen LogP contribution in [0.4, 0.5) is 5.69 Å². The Labute approximate surface area is 223 Å². The molecule has 0 radical (unpaired) electrons. The largest absolute Gasteiger partial charge is 0.371 e. The van der Waals surface area contributed by atoms with E-state index >= 15 is 0 Å². The number of piperidine rings is 1. The van der Waals surface area contributed by atoms with Crippen molar-refractivity contribution in [2.45, 2.75) is 31.2 Å². The van der Waals surface area contributed by atoms with Crippen LogP contribution in [-0.4, -0.2) is 104 Å². The fraction of sp³-hybridized carbons (Fsp3) is 0.500. The summed E-state index contributed by atoms with van der Waals surface area (Å²) in [5.74, 6) is 0.195. The highest BCUT2D eigenvalue weighted by Gasteiger charge is 2.50. The Balaban J connectivity index is 0.000000344. The summed E-state index contributed by atoms with van der Waals surface area (Å²) >= 11 is 0. The zero-order valence-electron chi connectivity index (χ0n) is 21.4. The number of rotatable bonds is 3. The van der Waals surface area contributed by atoms with E-state index in [-0.39, 0.29) is 17.7 Å². The fourth-order valence-corrected chi connectivity index (χ4v) is 4.72. The van der Waals surface area contributed by atoms with Crippen molar-refractivity contribution in [2.24, 2.45) is 0 Å². The fourth-order valence-electron chi connectivity index (χ4n) is 4.72. The first-order chi connectivity index (χ1) is 17.7. The lowest BCUT2D eigenvalue weighted by molar-refractivity contribution is -0.149. The van der Waals surface area contributed by atoms with Gasteiger partial charge >= 0.3 is 0 Å². The van der Waals surface area contributed by atoms with Gasteiger partial charge in [0.05, 0.1) is 31.2 Å². The summed E-state index contributed by atoms with van der Waals surface area (Å²) in [7, 11) is -7.33. The van der Waals surface area contributed by atoms with Crippen LogP contribution in [0.25, 0.3) is 0 Å². The van der Waals surface area contributed by atoms with E-state index in [9.17, 15) is 21.6 Å². The standard InChI is InChI=1S/C22H26N4O2.2CH4O3S/c27-20-15-24(14-18-4-2-1-3-5-18)16-21-26(20)17-22(28-21)8-12-25(13-9-22)19-6-10-23-11-7-19;2*1-5(2,3)4/h1-7,10-11,21H,8-9,12-17H2;2*1H3,(H,2,3,4). The van der Waals surface area contributed by atoms with Crippen LogP contribution in [0.3, 0.4) is 0 Å². The molecule has 12 nitrogen and oxygen atoms in total. The quantitative estimate of drug-likeness (QED) is 0.510. The lowest BCUT2D eigenvalue weighted by Gasteiger charge is -2.39. The molecular weight excluding hydrogens is 536 g/mol. The summed E-state index contributed by atoms with van der Waals surface area (Å²) in [5.41, 5.74) is 2.26. The molecule has 3 aliphatic heterocycles. The Kier molecular flexibility index (Phi) is 9.84. The van der Waals surface area contributed by atoms with Crippen molar-refractivity contribution in [3.8, 4) is 0 Å². The van der Waals surface area contributed by atoms with Crippen molar-refractivity contribution < 1.29 is 35.5 Å². The number of pyridine rings is 1. The number of amides is 1. The van der Waals surface area contributed by atoms with Crippen molar-refractivity contribution in [1.29, 1.82) is 0 Å². The van der Waals surface area contributed by atoms with Gasteiger partial charge in [0.2, 0.25) is 5.91 Å². The van der Waals surface area contributed by atoms with Crippen molar-refractivity contribution >= 4 is 31.8 Å². The molecule has 1 aromatic heterocycles. The first kappa shape index (κ1) is 29.9. The molecule has 4 heterocycles. The second kappa shape index (κ2) is 12.5. The Morgan fingerprint density at radius 3 is 2.08 bits per heavy atom. The Bertz CT molecular complexity index is 1220. The van der Waals surface area contributed by atoms with Gasteiger partial charge in [0, 0.05) is 44.3 Å². The molecule has 1 unspecified atom stereocenters. The van der Waals surface area contributed by atoms with Gasteiger partial charge in [0.25, 0.3) is 20.2 Å². The number of benzene rings is 1. The number of ether oxygens (including phenoxy) is 1. The van der Waals surface area contributed by atoms with E-state index in [1.807, 2.05) is 35.5 Å². The summed E-state index contributed by atoms with van der Waals surface area (Å²) < 4.78 is 58.3. The Hall–Kier alpha value is -2.62. The van der Waals surface area contributed by atoms with Crippen LogP contribution in [-0.2, 0) is 36.3 Å². The highest BCUT2D eigenvalue weighted by atomic mass is 32.2. The number of nitrogens with zero attached hydrogens (tertiary/aromatic N) is 4. The molecular formula is C24H34N4O8S2. The maximum Gasteiger partial charge on any atom is 0.261 e. The predicted molar refractivity (Wildman–Crippen MR) is 142 cm³/mol. The number of fused-ring (bicyclic) bond motifs is 1. The third kappa shape index (κ3) is 9.93. The van der Waals surface area contributed by atoms with E-state index in [1.54, 1.807) is 0 Å². The number of piperazine rings is 1. The molecule has 0 aliphatic carbocycles. The SMILES string of the molecule is CS(=O)(=O)O.CS(=O)(=O)O.O=C1CN(Cc2ccccc2)CC2OC3(CCN(c4ccncc4)CC3)CN12. The van der Waals surface area contributed by atoms with E-state index in [0.717, 1.165) is 45.6 Å². The van der Waals surface area contributed by atoms with E-state index in [2.05, 4.69) is 39.0 Å². The maximum atomic E-state index is 12.8. The van der Waals surface area contributed by atoms with Gasteiger partial charge in [-0.15, -0.1) is 0 Å². The Morgan fingerprint density at radius 2 is 1.53 bits per heavy atom. The topological polar surface area (TPSA) is 158 Å². The number of carbonyl (C=O) groups excluding carboxylic acids is 1. The molecule has 3 aliphatic rings. The van der Waals surface area contributed by atoms with Crippen LogP contribution >= 0.6 is 0 Å². The molecule has 38 heavy (non-hydrogen) atoms. The number of aromatic nitrogens is 1. The second-order valence-corrected chi connectivity index (χ2v) is 12.5. The maximum absolute atomic E-state index is 12.8. The molecule has 0 bridgehead atoms. The van der Waals surface area contributed by atoms with Gasteiger partial charge in [-0.2, -0.15) is 16.8 Å². The minimum atomic E-state index is -3.67. The number of carbonyl (C=O) groups is 1.